The molecule has 0 saturated carbocycles. The molecule has 2 aromatic rings. The van der Waals surface area contributed by atoms with Crippen LogP contribution in [0.2, 0.25) is 0 Å². The summed E-state index contributed by atoms with van der Waals surface area (Å²) >= 11 is 0. The Hall–Kier alpha value is -3.06. The number of carbonyl (C=O) groups is 2. The molecule has 27 heavy (non-hydrogen) atoms. The Morgan fingerprint density at radius 1 is 0.889 bits per heavy atom. The van der Waals surface area contributed by atoms with Gasteiger partial charge >= 0.3 is 0 Å². The molecule has 0 heterocycles. The minimum atomic E-state index is -0.311. The zero-order valence-electron chi connectivity index (χ0n) is 15.7. The van der Waals surface area contributed by atoms with Crippen LogP contribution in [0.1, 0.15) is 27.1 Å². The second-order valence-electron chi connectivity index (χ2n) is 5.70. The van der Waals surface area contributed by atoms with Crippen LogP contribution >= 0.6 is 0 Å². The van der Waals surface area contributed by atoms with Gasteiger partial charge in [-0.15, -0.1) is 0 Å². The molecule has 0 radical (unpaired) electrons. The molecular weight excluding hydrogens is 348 g/mol. The zero-order valence-corrected chi connectivity index (χ0v) is 15.7. The monoisotopic (exact) mass is 372 g/mol. The average molecular weight is 372 g/mol. The van der Waals surface area contributed by atoms with E-state index in [1.165, 1.54) is 7.11 Å². The highest BCUT2D eigenvalue weighted by atomic mass is 16.5. The van der Waals surface area contributed by atoms with E-state index in [0.29, 0.717) is 41.5 Å². The van der Waals surface area contributed by atoms with E-state index in [-0.39, 0.29) is 11.8 Å². The van der Waals surface area contributed by atoms with Gasteiger partial charge < -0.3 is 24.8 Å². The van der Waals surface area contributed by atoms with Crippen molar-refractivity contribution in [3.8, 4) is 11.5 Å². The lowest BCUT2D eigenvalue weighted by atomic mass is 10.1. The highest BCUT2D eigenvalue weighted by Crippen LogP contribution is 2.29. The average Bonchev–Trinajstić information content (AvgIpc) is 2.71. The molecule has 2 N–H and O–H groups in total. The predicted octanol–water partition coefficient (Wildman–Crippen LogP) is 2.72. The van der Waals surface area contributed by atoms with Gasteiger partial charge in [0.2, 0.25) is 0 Å². The second kappa shape index (κ2) is 10.2. The summed E-state index contributed by atoms with van der Waals surface area (Å²) < 4.78 is 15.4. The van der Waals surface area contributed by atoms with Crippen molar-refractivity contribution in [3.63, 3.8) is 0 Å². The molecule has 7 nitrogen and oxygen atoms in total. The number of ether oxygens (including phenoxy) is 3. The van der Waals surface area contributed by atoms with Crippen molar-refractivity contribution in [1.29, 1.82) is 0 Å². The maximum atomic E-state index is 12.5. The van der Waals surface area contributed by atoms with Crippen LogP contribution in [0.3, 0.4) is 0 Å². The van der Waals surface area contributed by atoms with Gasteiger partial charge in [-0.1, -0.05) is 0 Å². The van der Waals surface area contributed by atoms with Crippen LogP contribution in [0.25, 0.3) is 0 Å². The Kier molecular flexibility index (Phi) is 7.63. The highest BCUT2D eigenvalue weighted by molar-refractivity contribution is 6.05. The Balaban J connectivity index is 2.02. The number of benzene rings is 2. The van der Waals surface area contributed by atoms with Gasteiger partial charge in [0.25, 0.3) is 11.8 Å². The van der Waals surface area contributed by atoms with Crippen molar-refractivity contribution < 1.29 is 23.8 Å². The lowest BCUT2D eigenvalue weighted by Gasteiger charge is -2.12. The standard InChI is InChI=1S/C20H24N2O5/c1-25-12-4-11-21-19(23)14-5-7-15(8-6-14)20(24)22-17-13-16(26-2)9-10-18(17)27-3/h5-10,13H,4,11-12H2,1-3H3,(H,21,23)(H,22,24). The van der Waals surface area contributed by atoms with E-state index in [1.807, 2.05) is 0 Å². The van der Waals surface area contributed by atoms with E-state index < -0.39 is 0 Å². The third-order valence-corrected chi connectivity index (χ3v) is 3.87. The van der Waals surface area contributed by atoms with Crippen molar-refractivity contribution in [1.82, 2.24) is 5.32 Å². The van der Waals surface area contributed by atoms with E-state index >= 15 is 0 Å². The summed E-state index contributed by atoms with van der Waals surface area (Å²) in [4.78, 5) is 24.5. The summed E-state index contributed by atoms with van der Waals surface area (Å²) in [5.41, 5.74) is 1.42. The van der Waals surface area contributed by atoms with Crippen LogP contribution in [0.5, 0.6) is 11.5 Å². The summed E-state index contributed by atoms with van der Waals surface area (Å²) in [7, 11) is 4.69. The van der Waals surface area contributed by atoms with Gasteiger partial charge in [-0.25, -0.2) is 0 Å². The third-order valence-electron chi connectivity index (χ3n) is 3.87. The number of methoxy groups -OCH3 is 3. The van der Waals surface area contributed by atoms with Crippen molar-refractivity contribution >= 4 is 17.5 Å². The molecule has 0 aromatic heterocycles. The Morgan fingerprint density at radius 3 is 2.15 bits per heavy atom. The number of carbonyl (C=O) groups excluding carboxylic acids is 2. The summed E-state index contributed by atoms with van der Waals surface area (Å²) in [6.45, 7) is 1.12. The molecule has 0 spiro atoms. The van der Waals surface area contributed by atoms with E-state index in [1.54, 1.807) is 56.7 Å². The Labute approximate surface area is 158 Å². The summed E-state index contributed by atoms with van der Waals surface area (Å²) in [6.07, 6.45) is 0.741. The Bertz CT molecular complexity index is 774. The summed E-state index contributed by atoms with van der Waals surface area (Å²) in [6, 6.07) is 11.6. The molecular formula is C20H24N2O5. The molecule has 2 rings (SSSR count). The summed E-state index contributed by atoms with van der Waals surface area (Å²) in [5.74, 6) is 0.629. The SMILES string of the molecule is COCCCNC(=O)c1ccc(C(=O)Nc2cc(OC)ccc2OC)cc1. The lowest BCUT2D eigenvalue weighted by molar-refractivity contribution is 0.0946. The first-order chi connectivity index (χ1) is 13.1. The molecule has 144 valence electrons. The molecule has 2 amide bonds. The number of hydrogen-bond acceptors (Lipinski definition) is 5. The van der Waals surface area contributed by atoms with Crippen LogP contribution in [-0.4, -0.2) is 46.3 Å². The fraction of sp³-hybridized carbons (Fsp3) is 0.300. The highest BCUT2D eigenvalue weighted by Gasteiger charge is 2.12. The topological polar surface area (TPSA) is 85.9 Å². The maximum absolute atomic E-state index is 12.5. The summed E-state index contributed by atoms with van der Waals surface area (Å²) in [5, 5.41) is 5.59. The first-order valence-electron chi connectivity index (χ1n) is 8.49. The van der Waals surface area contributed by atoms with Crippen molar-refractivity contribution in [3.05, 3.63) is 53.6 Å². The van der Waals surface area contributed by atoms with E-state index in [0.717, 1.165) is 6.42 Å². The van der Waals surface area contributed by atoms with E-state index in [4.69, 9.17) is 14.2 Å². The van der Waals surface area contributed by atoms with Crippen LogP contribution in [0.15, 0.2) is 42.5 Å². The van der Waals surface area contributed by atoms with Gasteiger partial charge in [-0.2, -0.15) is 0 Å². The molecule has 0 bridgehead atoms. The van der Waals surface area contributed by atoms with Gasteiger partial charge in [-0.3, -0.25) is 9.59 Å². The fourth-order valence-corrected chi connectivity index (χ4v) is 2.40. The van der Waals surface area contributed by atoms with Gasteiger partial charge in [0.05, 0.1) is 19.9 Å². The Morgan fingerprint density at radius 2 is 1.56 bits per heavy atom. The van der Waals surface area contributed by atoms with Crippen LogP contribution in [0.4, 0.5) is 5.69 Å². The third kappa shape index (κ3) is 5.72. The molecule has 7 heteroatoms. The van der Waals surface area contributed by atoms with Gasteiger partial charge in [-0.05, 0) is 42.8 Å². The predicted molar refractivity (Wildman–Crippen MR) is 103 cm³/mol. The minimum Gasteiger partial charge on any atom is -0.497 e. The number of hydrogen-bond donors (Lipinski definition) is 2. The van der Waals surface area contributed by atoms with Crippen LogP contribution in [-0.2, 0) is 4.74 Å². The molecule has 0 aliphatic heterocycles. The molecule has 0 aliphatic rings. The molecule has 0 fully saturated rings. The quantitative estimate of drug-likeness (QED) is 0.661. The normalized spacial score (nSPS) is 10.2. The first-order valence-corrected chi connectivity index (χ1v) is 8.49. The minimum absolute atomic E-state index is 0.187. The van der Waals surface area contributed by atoms with Crippen molar-refractivity contribution in [2.75, 3.05) is 39.8 Å². The van der Waals surface area contributed by atoms with E-state index in [9.17, 15) is 9.59 Å². The molecule has 0 saturated heterocycles. The first kappa shape index (κ1) is 20.3. The van der Waals surface area contributed by atoms with Crippen LogP contribution < -0.4 is 20.1 Å². The van der Waals surface area contributed by atoms with Gasteiger partial charge in [0.15, 0.2) is 0 Å². The number of amides is 2. The molecule has 0 unspecified atom stereocenters. The molecule has 2 aromatic carbocycles. The number of rotatable bonds is 9. The number of nitrogens with one attached hydrogen (secondary N) is 2. The van der Waals surface area contributed by atoms with E-state index in [2.05, 4.69) is 10.6 Å². The van der Waals surface area contributed by atoms with Gasteiger partial charge in [0.1, 0.15) is 11.5 Å². The smallest absolute Gasteiger partial charge is 0.255 e. The molecule has 0 atom stereocenters. The second-order valence-corrected chi connectivity index (χ2v) is 5.70. The van der Waals surface area contributed by atoms with Crippen molar-refractivity contribution in [2.45, 2.75) is 6.42 Å². The van der Waals surface area contributed by atoms with Gasteiger partial charge in [0, 0.05) is 37.5 Å². The van der Waals surface area contributed by atoms with Crippen molar-refractivity contribution in [2.24, 2.45) is 0 Å². The van der Waals surface area contributed by atoms with Crippen LogP contribution in [0, 0.1) is 0 Å². The molecule has 0 aliphatic carbocycles. The zero-order chi connectivity index (χ0) is 19.6. The maximum Gasteiger partial charge on any atom is 0.255 e. The number of anilines is 1. The fourth-order valence-electron chi connectivity index (χ4n) is 2.40. The largest absolute Gasteiger partial charge is 0.497 e. The lowest BCUT2D eigenvalue weighted by Crippen LogP contribution is -2.25.